The standard InChI is InChI=1S/C34H30I5O6/c35-25-19-31(44-33-5-1-3-15-40-33)27(37)17-29(25)42-23-11-7-21(8-12-23)39-22-9-13-24(14-10-22)43-30-18-28(38)32(20-26(30)36)45-34-6-2-4-16-41-34/h7-14,17-20,33-34H,1-6,15-16H2/q+1. The van der Waals surface area contributed by atoms with Gasteiger partial charge in [0.2, 0.25) is 0 Å². The highest BCUT2D eigenvalue weighted by Gasteiger charge is 2.21. The summed E-state index contributed by atoms with van der Waals surface area (Å²) < 4.78 is 42.9. The van der Waals surface area contributed by atoms with Gasteiger partial charge in [0.1, 0.15) is 34.5 Å². The van der Waals surface area contributed by atoms with Crippen LogP contribution in [0.3, 0.4) is 0 Å². The van der Waals surface area contributed by atoms with Crippen LogP contribution in [0.4, 0.5) is 0 Å². The molecule has 6 nitrogen and oxygen atoms in total. The third-order valence-electron chi connectivity index (χ3n) is 7.07. The first-order chi connectivity index (χ1) is 21.9. The highest BCUT2D eigenvalue weighted by molar-refractivity contribution is 14.1. The van der Waals surface area contributed by atoms with E-state index in [1.807, 2.05) is 48.5 Å². The molecular formula is C34H30I5O6+. The molecule has 4 aromatic carbocycles. The minimum atomic E-state index is -0.342. The summed E-state index contributed by atoms with van der Waals surface area (Å²) in [5, 5.41) is 0. The van der Waals surface area contributed by atoms with Crippen LogP contribution >= 0.6 is 90.4 Å². The van der Waals surface area contributed by atoms with Gasteiger partial charge in [0.15, 0.2) is 19.7 Å². The highest BCUT2D eigenvalue weighted by Crippen LogP contribution is 2.36. The van der Waals surface area contributed by atoms with Crippen LogP contribution in [0.1, 0.15) is 38.5 Å². The lowest BCUT2D eigenvalue weighted by molar-refractivity contribution is -0.597. The number of hydrogen-bond acceptors (Lipinski definition) is 6. The molecule has 2 aliphatic heterocycles. The van der Waals surface area contributed by atoms with Crippen molar-refractivity contribution in [3.05, 3.63) is 94.2 Å². The molecule has 0 aromatic heterocycles. The van der Waals surface area contributed by atoms with Gasteiger partial charge in [0, 0.05) is 12.8 Å². The number of hydrogen-bond donors (Lipinski definition) is 0. The molecule has 2 heterocycles. The van der Waals surface area contributed by atoms with E-state index >= 15 is 0 Å². The van der Waals surface area contributed by atoms with Crippen molar-refractivity contribution in [2.45, 2.75) is 51.1 Å². The average Bonchev–Trinajstić information content (AvgIpc) is 3.05. The first kappa shape index (κ1) is 34.5. The maximum atomic E-state index is 6.26. The zero-order valence-corrected chi connectivity index (χ0v) is 34.9. The molecule has 0 N–H and O–H groups in total. The minimum absolute atomic E-state index is 0.165. The Kier molecular flexibility index (Phi) is 12.9. The van der Waals surface area contributed by atoms with E-state index in [2.05, 4.69) is 115 Å². The van der Waals surface area contributed by atoms with Crippen molar-refractivity contribution < 1.29 is 49.6 Å². The van der Waals surface area contributed by atoms with Crippen LogP contribution in [0.5, 0.6) is 34.5 Å². The maximum absolute atomic E-state index is 6.26. The molecule has 0 spiro atoms. The number of ether oxygens (including phenoxy) is 6. The van der Waals surface area contributed by atoms with Crippen LogP contribution < -0.4 is 40.2 Å². The molecule has 11 heteroatoms. The van der Waals surface area contributed by atoms with Gasteiger partial charge in [-0.3, -0.25) is 0 Å². The SMILES string of the molecule is Ic1cc(OC2CCCCO2)c(I)cc1Oc1ccc([I+]c2ccc(Oc3cc(I)c(OC4CCCCO4)cc3I)cc2)cc1. The van der Waals surface area contributed by atoms with E-state index in [1.54, 1.807) is 0 Å². The van der Waals surface area contributed by atoms with Crippen LogP contribution in [0.25, 0.3) is 0 Å². The molecule has 0 aliphatic carbocycles. The summed E-state index contributed by atoms with van der Waals surface area (Å²) in [5.41, 5.74) is 0. The largest absolute Gasteiger partial charge is 0.464 e. The second-order valence-corrected chi connectivity index (χ2v) is 18.1. The molecule has 0 bridgehead atoms. The number of benzene rings is 4. The lowest BCUT2D eigenvalue weighted by Gasteiger charge is -2.24. The van der Waals surface area contributed by atoms with Gasteiger partial charge < -0.3 is 28.4 Å². The van der Waals surface area contributed by atoms with Crippen LogP contribution in [0.2, 0.25) is 0 Å². The summed E-state index contributed by atoms with van der Waals surface area (Å²) >= 11 is 8.87. The molecule has 2 atom stereocenters. The molecule has 6 rings (SSSR count). The van der Waals surface area contributed by atoms with Gasteiger partial charge in [0.25, 0.3) is 0 Å². The maximum Gasteiger partial charge on any atom is 0.357 e. The zero-order valence-electron chi connectivity index (χ0n) is 24.1. The van der Waals surface area contributed by atoms with E-state index in [9.17, 15) is 0 Å². The van der Waals surface area contributed by atoms with Crippen molar-refractivity contribution in [3.8, 4) is 34.5 Å². The molecule has 4 aromatic rings. The lowest BCUT2D eigenvalue weighted by atomic mass is 10.2. The first-order valence-corrected chi connectivity index (χ1v) is 21.1. The summed E-state index contributed by atoms with van der Waals surface area (Å²) in [5.74, 6) is 4.95. The van der Waals surface area contributed by atoms with Gasteiger partial charge >= 0.3 is 21.2 Å². The fraction of sp³-hybridized carbons (Fsp3) is 0.294. The Hall–Kier alpha value is -0.350. The molecule has 0 amide bonds. The quantitative estimate of drug-likeness (QED) is 0.153. The van der Waals surface area contributed by atoms with Gasteiger partial charge in [-0.1, -0.05) is 0 Å². The first-order valence-electron chi connectivity index (χ1n) is 14.6. The third-order valence-corrected chi connectivity index (χ3v) is 13.1. The minimum Gasteiger partial charge on any atom is -0.464 e. The zero-order chi connectivity index (χ0) is 31.2. The fourth-order valence-corrected chi connectivity index (χ4v) is 9.15. The van der Waals surface area contributed by atoms with Crippen LogP contribution in [0, 0.1) is 21.4 Å². The molecule has 0 radical (unpaired) electrons. The molecule has 2 unspecified atom stereocenters. The molecule has 2 fully saturated rings. The van der Waals surface area contributed by atoms with Crippen LogP contribution in [-0.4, -0.2) is 25.8 Å². The fourth-order valence-electron chi connectivity index (χ4n) is 4.76. The van der Waals surface area contributed by atoms with Crippen molar-refractivity contribution in [2.24, 2.45) is 0 Å². The molecule has 2 saturated heterocycles. The van der Waals surface area contributed by atoms with E-state index in [1.165, 1.54) is 7.14 Å². The summed E-state index contributed by atoms with van der Waals surface area (Å²) in [6, 6.07) is 25.0. The van der Waals surface area contributed by atoms with Gasteiger partial charge in [-0.25, -0.2) is 0 Å². The van der Waals surface area contributed by atoms with E-state index < -0.39 is 0 Å². The van der Waals surface area contributed by atoms with Gasteiger partial charge in [-0.05, 0) is 189 Å². The van der Waals surface area contributed by atoms with Gasteiger partial charge in [0.05, 0.1) is 27.5 Å². The summed E-state index contributed by atoms with van der Waals surface area (Å²) in [6.45, 7) is 1.53. The summed E-state index contributed by atoms with van der Waals surface area (Å²) in [6.07, 6.45) is 6.01. The summed E-state index contributed by atoms with van der Waals surface area (Å²) in [7, 11) is 0. The molecule has 236 valence electrons. The van der Waals surface area contributed by atoms with E-state index in [-0.39, 0.29) is 33.8 Å². The second kappa shape index (κ2) is 16.8. The van der Waals surface area contributed by atoms with Crippen molar-refractivity contribution in [3.63, 3.8) is 0 Å². The predicted octanol–water partition coefficient (Wildman–Crippen LogP) is 7.63. The monoisotopic (exact) mass is 1170 g/mol. The molecule has 2 aliphatic rings. The Labute approximate surface area is 328 Å². The van der Waals surface area contributed by atoms with Crippen molar-refractivity contribution in [1.29, 1.82) is 0 Å². The van der Waals surface area contributed by atoms with Gasteiger partial charge in [-0.2, -0.15) is 0 Å². The van der Waals surface area contributed by atoms with Crippen molar-refractivity contribution in [1.82, 2.24) is 0 Å². The normalized spacial score (nSPS) is 18.3. The Morgan fingerprint density at radius 1 is 0.511 bits per heavy atom. The molecule has 45 heavy (non-hydrogen) atoms. The third kappa shape index (κ3) is 9.86. The van der Waals surface area contributed by atoms with E-state index in [0.29, 0.717) is 0 Å². The number of halogens is 5. The number of rotatable bonds is 10. The molecule has 0 saturated carbocycles. The second-order valence-electron chi connectivity index (χ2n) is 10.5. The van der Waals surface area contributed by atoms with Crippen molar-refractivity contribution in [2.75, 3.05) is 13.2 Å². The molecular weight excluding hydrogens is 1140 g/mol. The topological polar surface area (TPSA) is 55.4 Å². The Balaban J connectivity index is 1.03. The van der Waals surface area contributed by atoms with Crippen LogP contribution in [0.15, 0.2) is 72.8 Å². The Morgan fingerprint density at radius 3 is 1.27 bits per heavy atom. The lowest BCUT2D eigenvalue weighted by Crippen LogP contribution is -3.61. The predicted molar refractivity (Wildman–Crippen MR) is 203 cm³/mol. The smallest absolute Gasteiger partial charge is 0.357 e. The van der Waals surface area contributed by atoms with E-state index in [0.717, 1.165) is 101 Å². The van der Waals surface area contributed by atoms with E-state index in [4.69, 9.17) is 28.4 Å². The Bertz CT molecular complexity index is 1470. The average molecular weight is 1170 g/mol. The van der Waals surface area contributed by atoms with Crippen LogP contribution in [-0.2, 0) is 9.47 Å². The highest BCUT2D eigenvalue weighted by atomic mass is 127. The summed E-state index contributed by atoms with van der Waals surface area (Å²) in [4.78, 5) is 0. The van der Waals surface area contributed by atoms with Gasteiger partial charge in [-0.15, -0.1) is 0 Å². The van der Waals surface area contributed by atoms with Crippen molar-refractivity contribution >= 4 is 90.4 Å². The Morgan fingerprint density at radius 2 is 0.889 bits per heavy atom.